The molecule has 17 heavy (non-hydrogen) atoms. The number of nitrogens with one attached hydrogen (secondary N) is 1. The largest absolute Gasteiger partial charge is 0.347 e. The average molecular weight is 254 g/mol. The van der Waals surface area contributed by atoms with E-state index in [1.54, 1.807) is 5.51 Å². The number of hydrogen-bond acceptors (Lipinski definition) is 3. The quantitative estimate of drug-likeness (QED) is 0.913. The van der Waals surface area contributed by atoms with Crippen molar-refractivity contribution in [3.63, 3.8) is 0 Å². The van der Waals surface area contributed by atoms with Gasteiger partial charge in [0.1, 0.15) is 4.88 Å². The molecule has 0 aliphatic rings. The molecule has 0 saturated carbocycles. The molecule has 2 aromatic rings. The molecule has 0 fully saturated rings. The zero-order valence-corrected chi connectivity index (χ0v) is 9.43. The second-order valence-corrected chi connectivity index (χ2v) is 4.18. The predicted molar refractivity (Wildman–Crippen MR) is 59.6 cm³/mol. The summed E-state index contributed by atoms with van der Waals surface area (Å²) < 4.78 is 25.5. The van der Waals surface area contributed by atoms with E-state index in [2.05, 4.69) is 10.3 Å². The highest BCUT2D eigenvalue weighted by atomic mass is 32.1. The molecule has 3 nitrogen and oxygen atoms in total. The van der Waals surface area contributed by atoms with Gasteiger partial charge in [-0.15, -0.1) is 11.3 Å². The molecule has 1 heterocycles. The third-order valence-corrected chi connectivity index (χ3v) is 2.87. The molecule has 0 saturated heterocycles. The van der Waals surface area contributed by atoms with E-state index >= 15 is 0 Å². The Bertz CT molecular complexity index is 528. The molecule has 6 heteroatoms. The van der Waals surface area contributed by atoms with Crippen molar-refractivity contribution in [1.82, 2.24) is 10.3 Å². The summed E-state index contributed by atoms with van der Waals surface area (Å²) in [5, 5.41) is 2.59. The fraction of sp³-hybridized carbons (Fsp3) is 0.0909. The molecule has 0 atom stereocenters. The van der Waals surface area contributed by atoms with Gasteiger partial charge in [0.15, 0.2) is 11.6 Å². The van der Waals surface area contributed by atoms with Gasteiger partial charge in [-0.1, -0.05) is 6.07 Å². The van der Waals surface area contributed by atoms with Crippen molar-refractivity contribution in [2.24, 2.45) is 0 Å². The SMILES string of the molecule is O=C(NCc1ccc(F)c(F)c1)c1cncs1. The molecular formula is C11H8F2N2OS. The third-order valence-electron chi connectivity index (χ3n) is 2.09. The van der Waals surface area contributed by atoms with Crippen LogP contribution < -0.4 is 5.32 Å². The van der Waals surface area contributed by atoms with E-state index in [0.717, 1.165) is 12.1 Å². The van der Waals surface area contributed by atoms with Gasteiger partial charge in [0, 0.05) is 6.54 Å². The minimum atomic E-state index is -0.922. The van der Waals surface area contributed by atoms with E-state index in [0.29, 0.717) is 10.4 Å². The van der Waals surface area contributed by atoms with Crippen molar-refractivity contribution in [3.05, 3.63) is 52.0 Å². The summed E-state index contributed by atoms with van der Waals surface area (Å²) >= 11 is 1.21. The van der Waals surface area contributed by atoms with E-state index in [1.165, 1.54) is 23.6 Å². The second kappa shape index (κ2) is 5.01. The highest BCUT2D eigenvalue weighted by Gasteiger charge is 2.07. The third kappa shape index (κ3) is 2.85. The highest BCUT2D eigenvalue weighted by Crippen LogP contribution is 2.09. The van der Waals surface area contributed by atoms with Crippen LogP contribution in [0.5, 0.6) is 0 Å². The lowest BCUT2D eigenvalue weighted by Crippen LogP contribution is -2.21. The second-order valence-electron chi connectivity index (χ2n) is 3.30. The zero-order chi connectivity index (χ0) is 12.3. The summed E-state index contributed by atoms with van der Waals surface area (Å²) in [4.78, 5) is 15.8. The maximum atomic E-state index is 12.9. The number of carbonyl (C=O) groups excluding carboxylic acids is 1. The van der Waals surface area contributed by atoms with E-state index < -0.39 is 11.6 Å². The monoisotopic (exact) mass is 254 g/mol. The Kier molecular flexibility index (Phi) is 3.43. The van der Waals surface area contributed by atoms with E-state index in [1.807, 2.05) is 0 Å². The lowest BCUT2D eigenvalue weighted by Gasteiger charge is -2.03. The Labute approximate surface area is 100 Å². The molecule has 0 spiro atoms. The van der Waals surface area contributed by atoms with Crippen LogP contribution in [0.15, 0.2) is 29.9 Å². The van der Waals surface area contributed by atoms with Crippen LogP contribution in [0.25, 0.3) is 0 Å². The Hall–Kier alpha value is -1.82. The normalized spacial score (nSPS) is 10.2. The van der Waals surface area contributed by atoms with Gasteiger partial charge in [-0.25, -0.2) is 8.78 Å². The van der Waals surface area contributed by atoms with E-state index in [-0.39, 0.29) is 12.5 Å². The number of nitrogens with zero attached hydrogens (tertiary/aromatic N) is 1. The lowest BCUT2D eigenvalue weighted by atomic mass is 10.2. The Morgan fingerprint density at radius 3 is 2.82 bits per heavy atom. The first-order valence-corrected chi connectivity index (χ1v) is 5.65. The van der Waals surface area contributed by atoms with Crippen molar-refractivity contribution in [3.8, 4) is 0 Å². The van der Waals surface area contributed by atoms with Gasteiger partial charge in [0.2, 0.25) is 0 Å². The molecule has 2 rings (SSSR count). The van der Waals surface area contributed by atoms with Crippen LogP contribution in [0.4, 0.5) is 8.78 Å². The number of carbonyl (C=O) groups is 1. The number of hydrogen-bond donors (Lipinski definition) is 1. The maximum Gasteiger partial charge on any atom is 0.263 e. The summed E-state index contributed by atoms with van der Waals surface area (Å²) in [6.45, 7) is 0.147. The number of aromatic nitrogens is 1. The standard InChI is InChI=1S/C11H8F2N2OS/c12-8-2-1-7(3-9(8)13)4-15-11(16)10-5-14-6-17-10/h1-3,5-6H,4H2,(H,15,16). The molecule has 0 radical (unpaired) electrons. The van der Waals surface area contributed by atoms with E-state index in [9.17, 15) is 13.6 Å². The van der Waals surface area contributed by atoms with Crippen LogP contribution >= 0.6 is 11.3 Å². The fourth-order valence-corrected chi connectivity index (χ4v) is 1.78. The molecule has 1 N–H and O–H groups in total. The highest BCUT2D eigenvalue weighted by molar-refractivity contribution is 7.11. The molecule has 88 valence electrons. The molecule has 1 amide bonds. The molecule has 0 aliphatic heterocycles. The molecule has 0 bridgehead atoms. The summed E-state index contributed by atoms with van der Waals surface area (Å²) in [6, 6.07) is 3.51. The average Bonchev–Trinajstić information content (AvgIpc) is 2.84. The predicted octanol–water partition coefficient (Wildman–Crippen LogP) is 2.35. The van der Waals surface area contributed by atoms with E-state index in [4.69, 9.17) is 0 Å². The lowest BCUT2D eigenvalue weighted by molar-refractivity contribution is 0.0954. The Balaban J connectivity index is 1.98. The van der Waals surface area contributed by atoms with Crippen LogP contribution in [0.2, 0.25) is 0 Å². The summed E-state index contributed by atoms with van der Waals surface area (Å²) in [7, 11) is 0. The van der Waals surface area contributed by atoms with Crippen LogP contribution in [0, 0.1) is 11.6 Å². The zero-order valence-electron chi connectivity index (χ0n) is 8.61. The van der Waals surface area contributed by atoms with Gasteiger partial charge >= 0.3 is 0 Å². The summed E-state index contributed by atoms with van der Waals surface area (Å²) in [6.07, 6.45) is 1.45. The van der Waals surface area contributed by atoms with Crippen LogP contribution in [0.1, 0.15) is 15.2 Å². The first kappa shape index (κ1) is 11.7. The van der Waals surface area contributed by atoms with Gasteiger partial charge in [0.25, 0.3) is 5.91 Å². The van der Waals surface area contributed by atoms with Crippen molar-refractivity contribution in [1.29, 1.82) is 0 Å². The smallest absolute Gasteiger partial charge is 0.263 e. The minimum Gasteiger partial charge on any atom is -0.347 e. The molecule has 0 aliphatic carbocycles. The van der Waals surface area contributed by atoms with Crippen LogP contribution in [-0.2, 0) is 6.54 Å². The first-order valence-electron chi connectivity index (χ1n) is 4.77. The van der Waals surface area contributed by atoms with Gasteiger partial charge in [-0.2, -0.15) is 0 Å². The topological polar surface area (TPSA) is 42.0 Å². The molecule has 1 aromatic heterocycles. The number of amides is 1. The van der Waals surface area contributed by atoms with Crippen LogP contribution in [-0.4, -0.2) is 10.9 Å². The van der Waals surface area contributed by atoms with Gasteiger partial charge in [0.05, 0.1) is 11.7 Å². The fourth-order valence-electron chi connectivity index (χ4n) is 1.25. The van der Waals surface area contributed by atoms with Crippen molar-refractivity contribution in [2.45, 2.75) is 6.54 Å². The summed E-state index contributed by atoms with van der Waals surface area (Å²) in [5.74, 6) is -2.10. The maximum absolute atomic E-state index is 12.9. The summed E-state index contributed by atoms with van der Waals surface area (Å²) in [5.41, 5.74) is 2.05. The Morgan fingerprint density at radius 1 is 1.35 bits per heavy atom. The van der Waals surface area contributed by atoms with Gasteiger partial charge < -0.3 is 5.32 Å². The Morgan fingerprint density at radius 2 is 2.18 bits per heavy atom. The van der Waals surface area contributed by atoms with Crippen molar-refractivity contribution < 1.29 is 13.6 Å². The van der Waals surface area contributed by atoms with Crippen molar-refractivity contribution >= 4 is 17.2 Å². The number of thiazole rings is 1. The number of benzene rings is 1. The van der Waals surface area contributed by atoms with Crippen LogP contribution in [0.3, 0.4) is 0 Å². The first-order chi connectivity index (χ1) is 8.16. The number of halogens is 2. The minimum absolute atomic E-state index is 0.147. The van der Waals surface area contributed by atoms with Gasteiger partial charge in [-0.3, -0.25) is 9.78 Å². The van der Waals surface area contributed by atoms with Gasteiger partial charge in [-0.05, 0) is 17.7 Å². The molecule has 1 aromatic carbocycles. The molecular weight excluding hydrogens is 246 g/mol. The molecule has 0 unspecified atom stereocenters. The van der Waals surface area contributed by atoms with Crippen molar-refractivity contribution in [2.75, 3.05) is 0 Å². The number of rotatable bonds is 3.